The molecule has 0 radical (unpaired) electrons. The average molecular weight is 512 g/mol. The minimum atomic E-state index is -3.55. The molecule has 0 bridgehead atoms. The first kappa shape index (κ1) is 27.0. The van der Waals surface area contributed by atoms with Crippen LogP contribution in [-0.2, 0) is 9.84 Å². The predicted molar refractivity (Wildman–Crippen MR) is 137 cm³/mol. The molecule has 0 N–H and O–H groups in total. The van der Waals surface area contributed by atoms with Crippen molar-refractivity contribution in [3.63, 3.8) is 0 Å². The van der Waals surface area contributed by atoms with Gasteiger partial charge in [0.25, 0.3) is 5.91 Å². The van der Waals surface area contributed by atoms with Gasteiger partial charge in [0.15, 0.2) is 15.0 Å². The Bertz CT molecular complexity index is 1200. The maximum Gasteiger partial charge on any atom is 0.261 e. The Labute approximate surface area is 205 Å². The van der Waals surface area contributed by atoms with Crippen LogP contribution in [-0.4, -0.2) is 63.8 Å². The molecule has 0 atom stereocenters. The number of hydrogen-bond acceptors (Lipinski definition) is 7. The van der Waals surface area contributed by atoms with Gasteiger partial charge in [-0.2, -0.15) is 0 Å². The van der Waals surface area contributed by atoms with Crippen LogP contribution in [0.25, 0.3) is 10.2 Å². The molecule has 3 aromatic rings. The summed E-state index contributed by atoms with van der Waals surface area (Å²) in [5, 5.41) is 0.543. The number of carbonyl (C=O) groups excluding carboxylic acids is 1. The number of amides is 1. The largest absolute Gasteiger partial charge is 0.494 e. The summed E-state index contributed by atoms with van der Waals surface area (Å²) in [5.41, 5.74) is 0.946. The Morgan fingerprint density at radius 1 is 1.09 bits per heavy atom. The first-order valence-electron chi connectivity index (χ1n) is 10.6. The smallest absolute Gasteiger partial charge is 0.261 e. The van der Waals surface area contributed by atoms with Crippen molar-refractivity contribution in [2.24, 2.45) is 0 Å². The topological polar surface area (TPSA) is 79.8 Å². The van der Waals surface area contributed by atoms with E-state index in [-0.39, 0.29) is 34.5 Å². The van der Waals surface area contributed by atoms with Gasteiger partial charge in [-0.25, -0.2) is 13.4 Å². The average Bonchev–Trinajstić information content (AvgIpc) is 3.19. The zero-order valence-corrected chi connectivity index (χ0v) is 21.7. The highest BCUT2D eigenvalue weighted by atomic mass is 35.5. The fourth-order valence-electron chi connectivity index (χ4n) is 3.31. The van der Waals surface area contributed by atoms with Crippen molar-refractivity contribution in [3.05, 3.63) is 48.0 Å². The van der Waals surface area contributed by atoms with Crippen molar-refractivity contribution in [1.29, 1.82) is 0 Å². The second-order valence-corrected chi connectivity index (χ2v) is 10.8. The second-order valence-electron chi connectivity index (χ2n) is 7.57. The molecule has 0 aliphatic rings. The Morgan fingerprint density at radius 2 is 1.82 bits per heavy atom. The monoisotopic (exact) mass is 511 g/mol. The summed E-state index contributed by atoms with van der Waals surface area (Å²) < 4.78 is 31.7. The number of ether oxygens (including phenoxy) is 1. The van der Waals surface area contributed by atoms with Crippen LogP contribution in [0.4, 0.5) is 5.13 Å². The Morgan fingerprint density at radius 3 is 2.48 bits per heavy atom. The Hall–Kier alpha value is -2.20. The molecule has 0 spiro atoms. The third kappa shape index (κ3) is 6.44. The van der Waals surface area contributed by atoms with Crippen LogP contribution in [0.15, 0.2) is 47.4 Å². The van der Waals surface area contributed by atoms with Crippen molar-refractivity contribution in [2.45, 2.75) is 25.2 Å². The van der Waals surface area contributed by atoms with Crippen molar-refractivity contribution in [2.75, 3.05) is 44.4 Å². The standard InChI is InChI=1S/C23H29N3O4S2.ClH/c1-5-30-17-12-13-19-20(16-17)31-23(24-19)26(15-9-14-25(3)4)22(27)18-10-7-8-11-21(18)32(28,29)6-2;/h7-8,10-13,16H,5-6,9,14-15H2,1-4H3;1H. The molecular formula is C23H30ClN3O4S2. The summed E-state index contributed by atoms with van der Waals surface area (Å²) >= 11 is 1.40. The van der Waals surface area contributed by atoms with Crippen LogP contribution in [0.3, 0.4) is 0 Å². The molecule has 0 aliphatic carbocycles. The van der Waals surface area contributed by atoms with Gasteiger partial charge in [-0.3, -0.25) is 9.69 Å². The van der Waals surface area contributed by atoms with E-state index in [0.717, 1.165) is 28.9 Å². The van der Waals surface area contributed by atoms with Crippen molar-refractivity contribution >= 4 is 54.8 Å². The lowest BCUT2D eigenvalue weighted by atomic mass is 10.2. The lowest BCUT2D eigenvalue weighted by Crippen LogP contribution is -2.34. The van der Waals surface area contributed by atoms with Gasteiger partial charge in [-0.15, -0.1) is 12.4 Å². The Balaban J connectivity index is 0.00000385. The number of benzene rings is 2. The van der Waals surface area contributed by atoms with E-state index in [1.807, 2.05) is 44.1 Å². The third-order valence-corrected chi connectivity index (χ3v) is 7.78. The molecule has 180 valence electrons. The van der Waals surface area contributed by atoms with Crippen LogP contribution in [0.1, 0.15) is 30.6 Å². The van der Waals surface area contributed by atoms with Crippen LogP contribution in [0.2, 0.25) is 0 Å². The normalized spacial score (nSPS) is 11.4. The van der Waals surface area contributed by atoms with Gasteiger partial charge < -0.3 is 9.64 Å². The number of rotatable bonds is 10. The van der Waals surface area contributed by atoms with Crippen LogP contribution < -0.4 is 9.64 Å². The van der Waals surface area contributed by atoms with Crippen molar-refractivity contribution in [1.82, 2.24) is 9.88 Å². The van der Waals surface area contributed by atoms with E-state index in [4.69, 9.17) is 4.74 Å². The highest BCUT2D eigenvalue weighted by Gasteiger charge is 2.27. The number of thiazole rings is 1. The highest BCUT2D eigenvalue weighted by Crippen LogP contribution is 2.33. The SMILES string of the molecule is CCOc1ccc2nc(N(CCCN(C)C)C(=O)c3ccccc3S(=O)(=O)CC)sc2c1.Cl. The van der Waals surface area contributed by atoms with Crippen LogP contribution >= 0.6 is 23.7 Å². The van der Waals surface area contributed by atoms with Crippen LogP contribution in [0, 0.1) is 0 Å². The van der Waals surface area contributed by atoms with Crippen LogP contribution in [0.5, 0.6) is 5.75 Å². The number of fused-ring (bicyclic) bond motifs is 1. The molecule has 0 fully saturated rings. The molecule has 1 aromatic heterocycles. The highest BCUT2D eigenvalue weighted by molar-refractivity contribution is 7.91. The van der Waals surface area contributed by atoms with Gasteiger partial charge in [0, 0.05) is 6.54 Å². The first-order chi connectivity index (χ1) is 15.3. The zero-order valence-electron chi connectivity index (χ0n) is 19.3. The lowest BCUT2D eigenvalue weighted by Gasteiger charge is -2.22. The molecule has 1 heterocycles. The fourth-order valence-corrected chi connectivity index (χ4v) is 5.41. The number of halogens is 1. The second kappa shape index (κ2) is 11.8. The summed E-state index contributed by atoms with van der Waals surface area (Å²) in [6.45, 7) is 5.28. The number of nitrogens with zero attached hydrogens (tertiary/aromatic N) is 3. The van der Waals surface area contributed by atoms with Gasteiger partial charge in [-0.05, 0) is 64.3 Å². The summed E-state index contributed by atoms with van der Waals surface area (Å²) in [4.78, 5) is 22.0. The predicted octanol–water partition coefficient (Wildman–Crippen LogP) is 4.51. The molecule has 33 heavy (non-hydrogen) atoms. The molecule has 0 saturated heterocycles. The van der Waals surface area contributed by atoms with E-state index in [9.17, 15) is 13.2 Å². The number of sulfone groups is 1. The molecule has 0 aliphatic heterocycles. The summed E-state index contributed by atoms with van der Waals surface area (Å²) in [7, 11) is 0.400. The summed E-state index contributed by atoms with van der Waals surface area (Å²) in [5.74, 6) is 0.319. The number of aromatic nitrogens is 1. The van der Waals surface area contributed by atoms with Gasteiger partial charge in [0.05, 0.1) is 33.0 Å². The van der Waals surface area contributed by atoms with Gasteiger partial charge in [0.2, 0.25) is 0 Å². The molecule has 10 heteroatoms. The number of anilines is 1. The summed E-state index contributed by atoms with van der Waals surface area (Å²) in [6.07, 6.45) is 0.724. The van der Waals surface area contributed by atoms with E-state index in [2.05, 4.69) is 4.98 Å². The maximum absolute atomic E-state index is 13.6. The number of hydrogen-bond donors (Lipinski definition) is 0. The van der Waals surface area contributed by atoms with E-state index in [0.29, 0.717) is 18.3 Å². The Kier molecular flexibility index (Phi) is 9.66. The molecule has 7 nitrogen and oxygen atoms in total. The zero-order chi connectivity index (χ0) is 23.3. The third-order valence-electron chi connectivity index (χ3n) is 4.96. The fraction of sp³-hybridized carbons (Fsp3) is 0.391. The lowest BCUT2D eigenvalue weighted by molar-refractivity contribution is 0.0983. The summed E-state index contributed by atoms with van der Waals surface area (Å²) in [6, 6.07) is 12.0. The first-order valence-corrected chi connectivity index (χ1v) is 13.1. The van der Waals surface area contributed by atoms with E-state index >= 15 is 0 Å². The minimum absolute atomic E-state index is 0. The number of carbonyl (C=O) groups is 1. The van der Waals surface area contributed by atoms with Gasteiger partial charge in [0.1, 0.15) is 5.75 Å². The molecule has 0 unspecified atom stereocenters. The molecule has 1 amide bonds. The maximum atomic E-state index is 13.6. The molecular weight excluding hydrogens is 482 g/mol. The molecule has 3 rings (SSSR count). The van der Waals surface area contributed by atoms with Crippen molar-refractivity contribution < 1.29 is 17.9 Å². The van der Waals surface area contributed by atoms with Crippen molar-refractivity contribution in [3.8, 4) is 5.75 Å². The molecule has 0 saturated carbocycles. The minimum Gasteiger partial charge on any atom is -0.494 e. The van der Waals surface area contributed by atoms with E-state index in [1.165, 1.54) is 17.4 Å². The quantitative estimate of drug-likeness (QED) is 0.398. The molecule has 2 aromatic carbocycles. The van der Waals surface area contributed by atoms with Gasteiger partial charge in [-0.1, -0.05) is 30.4 Å². The van der Waals surface area contributed by atoms with E-state index in [1.54, 1.807) is 30.0 Å². The van der Waals surface area contributed by atoms with Gasteiger partial charge >= 0.3 is 0 Å². The van der Waals surface area contributed by atoms with E-state index < -0.39 is 9.84 Å².